The van der Waals surface area contributed by atoms with Crippen LogP contribution in [0.25, 0.3) is 5.69 Å². The van der Waals surface area contributed by atoms with E-state index in [0.717, 1.165) is 5.06 Å². The summed E-state index contributed by atoms with van der Waals surface area (Å²) in [6, 6.07) is 7.16. The summed E-state index contributed by atoms with van der Waals surface area (Å²) < 4.78 is 0. The molecule has 0 atom stereocenters. The lowest BCUT2D eigenvalue weighted by Gasteiger charge is -2.21. The fourth-order valence-electron chi connectivity index (χ4n) is 2.70. The summed E-state index contributed by atoms with van der Waals surface area (Å²) in [4.78, 5) is 34.4. The lowest BCUT2D eigenvalue weighted by atomic mass is 10.1. The van der Waals surface area contributed by atoms with E-state index in [2.05, 4.69) is 20.4 Å². The Morgan fingerprint density at radius 3 is 2.52 bits per heavy atom. The first kappa shape index (κ1) is 20.1. The van der Waals surface area contributed by atoms with Gasteiger partial charge in [0.1, 0.15) is 0 Å². The van der Waals surface area contributed by atoms with E-state index in [1.807, 2.05) is 13.0 Å². The molecule has 29 heavy (non-hydrogen) atoms. The molecule has 2 heterocycles. The SMILES string of the molecule is CCN(CCn1ncc(C(=O)N(C)OC)n1)C(=O)c1ccccc1-n1nccn1. The number of carbonyl (C=O) groups excluding carboxylic acids is 2. The number of amides is 2. The smallest absolute Gasteiger partial charge is 0.299 e. The van der Waals surface area contributed by atoms with Crippen LogP contribution in [0.15, 0.2) is 42.9 Å². The van der Waals surface area contributed by atoms with Crippen molar-refractivity contribution < 1.29 is 14.4 Å². The van der Waals surface area contributed by atoms with Crippen LogP contribution in [0, 0.1) is 0 Å². The molecule has 0 aliphatic carbocycles. The average molecular weight is 398 g/mol. The molecule has 0 spiro atoms. The average Bonchev–Trinajstić information content (AvgIpc) is 3.45. The summed E-state index contributed by atoms with van der Waals surface area (Å²) >= 11 is 0. The topological polar surface area (TPSA) is 111 Å². The number of nitrogens with zero attached hydrogens (tertiary/aromatic N) is 8. The molecule has 3 rings (SSSR count). The minimum Gasteiger partial charge on any atom is -0.337 e. The quantitative estimate of drug-likeness (QED) is 0.512. The van der Waals surface area contributed by atoms with E-state index in [1.165, 1.54) is 29.9 Å². The van der Waals surface area contributed by atoms with Gasteiger partial charge in [0.15, 0.2) is 5.69 Å². The molecule has 0 N–H and O–H groups in total. The Hall–Kier alpha value is -3.60. The zero-order chi connectivity index (χ0) is 20.8. The normalized spacial score (nSPS) is 10.7. The van der Waals surface area contributed by atoms with Gasteiger partial charge >= 0.3 is 0 Å². The van der Waals surface area contributed by atoms with Crippen molar-refractivity contribution >= 4 is 11.8 Å². The summed E-state index contributed by atoms with van der Waals surface area (Å²) in [6.07, 6.45) is 4.48. The molecule has 0 unspecified atom stereocenters. The maximum Gasteiger partial charge on any atom is 0.299 e. The Morgan fingerprint density at radius 2 is 1.83 bits per heavy atom. The number of rotatable bonds is 8. The number of hydrogen-bond donors (Lipinski definition) is 0. The van der Waals surface area contributed by atoms with E-state index in [1.54, 1.807) is 35.5 Å². The molecule has 0 saturated heterocycles. The van der Waals surface area contributed by atoms with Gasteiger partial charge in [-0.3, -0.25) is 14.4 Å². The predicted molar refractivity (Wildman–Crippen MR) is 102 cm³/mol. The summed E-state index contributed by atoms with van der Waals surface area (Å²) in [5.41, 5.74) is 1.27. The van der Waals surface area contributed by atoms with Gasteiger partial charge in [-0.2, -0.15) is 24.9 Å². The standard InChI is InChI=1S/C18H22N8O3/c1-4-24(11-12-25-21-13-15(22-25)18(28)23(2)29-3)17(27)14-7-5-6-8-16(14)26-19-9-10-20-26/h5-10,13H,4,11-12H2,1-3H3. The highest BCUT2D eigenvalue weighted by Gasteiger charge is 2.20. The second-order valence-corrected chi connectivity index (χ2v) is 6.03. The predicted octanol–water partition coefficient (Wildman–Crippen LogP) is 0.654. The van der Waals surface area contributed by atoms with Crippen LogP contribution in [0.3, 0.4) is 0 Å². The van der Waals surface area contributed by atoms with Gasteiger partial charge in [0.05, 0.1) is 43.5 Å². The first-order valence-electron chi connectivity index (χ1n) is 9.02. The van der Waals surface area contributed by atoms with Gasteiger partial charge in [-0.25, -0.2) is 5.06 Å². The van der Waals surface area contributed by atoms with Crippen LogP contribution in [0.4, 0.5) is 0 Å². The highest BCUT2D eigenvalue weighted by atomic mass is 16.7. The molecule has 0 aliphatic heterocycles. The lowest BCUT2D eigenvalue weighted by Crippen LogP contribution is -2.35. The molecule has 1 aromatic carbocycles. The van der Waals surface area contributed by atoms with Crippen LogP contribution in [0.2, 0.25) is 0 Å². The van der Waals surface area contributed by atoms with Crippen LogP contribution < -0.4 is 0 Å². The lowest BCUT2D eigenvalue weighted by molar-refractivity contribution is -0.0760. The van der Waals surface area contributed by atoms with Gasteiger partial charge in [-0.05, 0) is 19.1 Å². The monoisotopic (exact) mass is 398 g/mol. The van der Waals surface area contributed by atoms with Crippen molar-refractivity contribution in [1.82, 2.24) is 40.0 Å². The first-order chi connectivity index (χ1) is 14.0. The van der Waals surface area contributed by atoms with Crippen LogP contribution in [0.1, 0.15) is 27.8 Å². The number of hydrogen-bond acceptors (Lipinski definition) is 7. The zero-order valence-electron chi connectivity index (χ0n) is 16.5. The molecule has 0 saturated carbocycles. The summed E-state index contributed by atoms with van der Waals surface area (Å²) in [5.74, 6) is -0.550. The second kappa shape index (κ2) is 9.06. The minimum absolute atomic E-state index is 0.150. The molecule has 0 aliphatic rings. The van der Waals surface area contributed by atoms with Gasteiger partial charge in [-0.1, -0.05) is 12.1 Å². The highest BCUT2D eigenvalue weighted by Crippen LogP contribution is 2.15. The number of para-hydroxylation sites is 1. The van der Waals surface area contributed by atoms with Crippen LogP contribution in [-0.2, 0) is 11.4 Å². The molecule has 11 nitrogen and oxygen atoms in total. The Balaban J connectivity index is 1.71. The maximum absolute atomic E-state index is 13.1. The molecule has 152 valence electrons. The zero-order valence-corrected chi connectivity index (χ0v) is 16.5. The third kappa shape index (κ3) is 4.46. The summed E-state index contributed by atoms with van der Waals surface area (Å²) in [7, 11) is 2.88. The number of hydroxylamine groups is 2. The van der Waals surface area contributed by atoms with Crippen LogP contribution >= 0.6 is 0 Å². The van der Waals surface area contributed by atoms with Gasteiger partial charge in [-0.15, -0.1) is 5.10 Å². The van der Waals surface area contributed by atoms with Gasteiger partial charge in [0.25, 0.3) is 11.8 Å². The number of carbonyl (C=O) groups is 2. The van der Waals surface area contributed by atoms with Crippen molar-refractivity contribution in [1.29, 1.82) is 0 Å². The fourth-order valence-corrected chi connectivity index (χ4v) is 2.70. The molecule has 2 aromatic heterocycles. The molecule has 0 fully saturated rings. The minimum atomic E-state index is -0.400. The summed E-state index contributed by atoms with van der Waals surface area (Å²) in [5, 5.41) is 17.5. The van der Waals surface area contributed by atoms with Crippen molar-refractivity contribution in [2.24, 2.45) is 0 Å². The molecular weight excluding hydrogens is 376 g/mol. The number of likely N-dealkylation sites (N-methyl/N-ethyl adjacent to an activating group) is 1. The Labute approximate surface area is 167 Å². The third-order valence-corrected chi connectivity index (χ3v) is 4.32. The van der Waals surface area contributed by atoms with E-state index in [4.69, 9.17) is 4.84 Å². The van der Waals surface area contributed by atoms with Crippen LogP contribution in [0.5, 0.6) is 0 Å². The number of aromatic nitrogens is 6. The van der Waals surface area contributed by atoms with Crippen molar-refractivity contribution in [3.63, 3.8) is 0 Å². The third-order valence-electron chi connectivity index (χ3n) is 4.32. The fraction of sp³-hybridized carbons (Fsp3) is 0.333. The second-order valence-electron chi connectivity index (χ2n) is 6.03. The molecule has 2 amide bonds. The van der Waals surface area contributed by atoms with Crippen molar-refractivity contribution in [3.05, 3.63) is 54.1 Å². The van der Waals surface area contributed by atoms with Crippen LogP contribution in [-0.4, -0.2) is 79.0 Å². The molecule has 11 heteroatoms. The maximum atomic E-state index is 13.1. The van der Waals surface area contributed by atoms with Gasteiger partial charge in [0, 0.05) is 20.1 Å². The van der Waals surface area contributed by atoms with Crippen molar-refractivity contribution in [2.45, 2.75) is 13.5 Å². The molecule has 0 bridgehead atoms. The summed E-state index contributed by atoms with van der Waals surface area (Å²) in [6.45, 7) is 3.11. The molecule has 3 aromatic rings. The number of benzene rings is 1. The Morgan fingerprint density at radius 1 is 1.10 bits per heavy atom. The van der Waals surface area contributed by atoms with E-state index in [0.29, 0.717) is 30.9 Å². The van der Waals surface area contributed by atoms with E-state index in [-0.39, 0.29) is 11.6 Å². The van der Waals surface area contributed by atoms with E-state index >= 15 is 0 Å². The van der Waals surface area contributed by atoms with Gasteiger partial charge in [0.2, 0.25) is 0 Å². The molecular formula is C18H22N8O3. The Kier molecular flexibility index (Phi) is 6.29. The van der Waals surface area contributed by atoms with Gasteiger partial charge < -0.3 is 4.90 Å². The van der Waals surface area contributed by atoms with E-state index < -0.39 is 5.91 Å². The first-order valence-corrected chi connectivity index (χ1v) is 9.02. The molecule has 0 radical (unpaired) electrons. The van der Waals surface area contributed by atoms with Crippen molar-refractivity contribution in [2.75, 3.05) is 27.2 Å². The highest BCUT2D eigenvalue weighted by molar-refractivity contribution is 5.97. The van der Waals surface area contributed by atoms with E-state index in [9.17, 15) is 9.59 Å². The largest absolute Gasteiger partial charge is 0.337 e. The van der Waals surface area contributed by atoms with Crippen molar-refractivity contribution in [3.8, 4) is 5.69 Å². The Bertz CT molecular complexity index is 969.